The maximum absolute atomic E-state index is 14.4. The van der Waals surface area contributed by atoms with E-state index in [-0.39, 0.29) is 40.1 Å². The first kappa shape index (κ1) is 30.8. The van der Waals surface area contributed by atoms with Crippen LogP contribution in [0.5, 0.6) is 17.2 Å². The molecule has 1 aromatic heterocycles. The fourth-order valence-corrected chi connectivity index (χ4v) is 4.72. The topological polar surface area (TPSA) is 70.2 Å². The van der Waals surface area contributed by atoms with Crippen molar-refractivity contribution in [3.05, 3.63) is 98.7 Å². The Morgan fingerprint density at radius 3 is 2.19 bits per heavy atom. The van der Waals surface area contributed by atoms with Crippen LogP contribution in [0.1, 0.15) is 59.5 Å². The van der Waals surface area contributed by atoms with Crippen molar-refractivity contribution in [3.63, 3.8) is 0 Å². The van der Waals surface area contributed by atoms with Gasteiger partial charge in [-0.1, -0.05) is 19.9 Å². The molecule has 0 radical (unpaired) electrons. The molecule has 0 atom stereocenters. The Labute approximate surface area is 240 Å². The van der Waals surface area contributed by atoms with E-state index in [1.807, 2.05) is 20.8 Å². The minimum Gasteiger partial charge on any atom is -0.449 e. The number of ether oxygens (including phenoxy) is 2. The van der Waals surface area contributed by atoms with Crippen molar-refractivity contribution in [2.45, 2.75) is 53.3 Å². The second-order valence-corrected chi connectivity index (χ2v) is 10.2. The summed E-state index contributed by atoms with van der Waals surface area (Å²) in [5.41, 5.74) is 0.517. The first-order valence-corrected chi connectivity index (χ1v) is 13.7. The average molecular weight is 587 g/mol. The number of nitrogens with one attached hydrogen (secondary N) is 1. The van der Waals surface area contributed by atoms with Gasteiger partial charge in [-0.15, -0.1) is 0 Å². The summed E-state index contributed by atoms with van der Waals surface area (Å²) in [4.78, 5) is 27.5. The van der Waals surface area contributed by atoms with Crippen molar-refractivity contribution in [1.29, 1.82) is 0 Å². The number of carbonyl (C=O) groups is 1. The minimum atomic E-state index is -5.07. The van der Waals surface area contributed by atoms with Crippen LogP contribution in [-0.2, 0) is 12.7 Å². The molecule has 42 heavy (non-hydrogen) atoms. The molecule has 0 bridgehead atoms. The summed E-state index contributed by atoms with van der Waals surface area (Å²) in [6.45, 7) is 9.06. The van der Waals surface area contributed by atoms with Gasteiger partial charge in [0.25, 0.3) is 5.76 Å². The lowest BCUT2D eigenvalue weighted by molar-refractivity contribution is -0.913. The smallest absolute Gasteiger partial charge is 0.449 e. The Morgan fingerprint density at radius 2 is 1.60 bits per heavy atom. The van der Waals surface area contributed by atoms with Crippen LogP contribution in [0, 0.1) is 19.7 Å². The molecule has 1 heterocycles. The molecular weight excluding hydrogens is 554 g/mol. The SMILES string of the molecule is CCC[NH+](CCC)Cc1c(OC(=O)c2ccc(F)cc2)ccc2c(=O)c(Oc3ccc(C)c(C)c3)c(C(F)(F)F)oc12. The summed E-state index contributed by atoms with van der Waals surface area (Å²) in [7, 11) is 0. The quantitative estimate of drug-likeness (QED) is 0.126. The molecule has 4 aromatic rings. The number of hydrogen-bond acceptors (Lipinski definition) is 5. The van der Waals surface area contributed by atoms with Gasteiger partial charge >= 0.3 is 12.1 Å². The largest absolute Gasteiger partial charge is 0.453 e. The van der Waals surface area contributed by atoms with Gasteiger partial charge in [-0.3, -0.25) is 4.79 Å². The molecule has 0 fully saturated rings. The monoisotopic (exact) mass is 586 g/mol. The van der Waals surface area contributed by atoms with Crippen molar-refractivity contribution in [2.75, 3.05) is 13.1 Å². The van der Waals surface area contributed by atoms with E-state index >= 15 is 0 Å². The highest BCUT2D eigenvalue weighted by Gasteiger charge is 2.41. The average Bonchev–Trinajstić information content (AvgIpc) is 2.93. The molecule has 0 saturated carbocycles. The number of esters is 1. The molecule has 0 saturated heterocycles. The molecule has 6 nitrogen and oxygen atoms in total. The van der Waals surface area contributed by atoms with E-state index < -0.39 is 34.9 Å². The molecular formula is C32H32F4NO5+. The normalized spacial score (nSPS) is 11.7. The third-order valence-corrected chi connectivity index (χ3v) is 6.95. The second-order valence-electron chi connectivity index (χ2n) is 10.2. The van der Waals surface area contributed by atoms with Crippen LogP contribution in [-0.4, -0.2) is 19.1 Å². The van der Waals surface area contributed by atoms with Crippen LogP contribution in [0.3, 0.4) is 0 Å². The van der Waals surface area contributed by atoms with E-state index in [0.29, 0.717) is 13.1 Å². The predicted octanol–water partition coefficient (Wildman–Crippen LogP) is 6.78. The molecule has 222 valence electrons. The number of quaternary nitrogens is 1. The fraction of sp³-hybridized carbons (Fsp3) is 0.312. The number of rotatable bonds is 10. The van der Waals surface area contributed by atoms with E-state index in [1.165, 1.54) is 30.3 Å². The second kappa shape index (κ2) is 12.8. The van der Waals surface area contributed by atoms with E-state index in [1.54, 1.807) is 19.1 Å². The first-order chi connectivity index (χ1) is 19.9. The van der Waals surface area contributed by atoms with Gasteiger partial charge in [0.15, 0.2) is 5.58 Å². The van der Waals surface area contributed by atoms with Gasteiger partial charge < -0.3 is 18.8 Å². The molecule has 0 amide bonds. The number of hydrogen-bond donors (Lipinski definition) is 1. The van der Waals surface area contributed by atoms with Crippen LogP contribution < -0.4 is 19.8 Å². The first-order valence-electron chi connectivity index (χ1n) is 13.7. The Hall–Kier alpha value is -4.18. The van der Waals surface area contributed by atoms with Crippen molar-refractivity contribution in [3.8, 4) is 17.2 Å². The zero-order chi connectivity index (χ0) is 30.6. The molecule has 1 N–H and O–H groups in total. The zero-order valence-corrected chi connectivity index (χ0v) is 23.8. The van der Waals surface area contributed by atoms with Gasteiger partial charge in [-0.25, -0.2) is 9.18 Å². The minimum absolute atomic E-state index is 0.0448. The fourth-order valence-electron chi connectivity index (χ4n) is 4.72. The van der Waals surface area contributed by atoms with E-state index in [0.717, 1.165) is 41.0 Å². The lowest BCUT2D eigenvalue weighted by Crippen LogP contribution is -3.10. The number of fused-ring (bicyclic) bond motifs is 1. The lowest BCUT2D eigenvalue weighted by atomic mass is 10.1. The molecule has 0 aliphatic carbocycles. The van der Waals surface area contributed by atoms with Crippen LogP contribution >= 0.6 is 0 Å². The van der Waals surface area contributed by atoms with Crippen LogP contribution in [0.2, 0.25) is 0 Å². The van der Waals surface area contributed by atoms with Gasteiger partial charge in [0.2, 0.25) is 11.2 Å². The molecule has 0 unspecified atom stereocenters. The summed E-state index contributed by atoms with van der Waals surface area (Å²) in [5, 5.41) is -0.147. The van der Waals surface area contributed by atoms with E-state index in [9.17, 15) is 27.2 Å². The Balaban J connectivity index is 1.91. The van der Waals surface area contributed by atoms with Gasteiger partial charge in [0.05, 0.1) is 29.6 Å². The van der Waals surface area contributed by atoms with E-state index in [2.05, 4.69) is 0 Å². The Bertz CT molecular complexity index is 1640. The highest BCUT2D eigenvalue weighted by Crippen LogP contribution is 2.40. The summed E-state index contributed by atoms with van der Waals surface area (Å²) in [5.74, 6) is -3.95. The number of halogens is 4. The number of alkyl halides is 3. The number of carbonyl (C=O) groups excluding carboxylic acids is 1. The van der Waals surface area contributed by atoms with Crippen LogP contribution in [0.25, 0.3) is 11.0 Å². The molecule has 0 aliphatic heterocycles. The van der Waals surface area contributed by atoms with Crippen molar-refractivity contribution >= 4 is 16.9 Å². The molecule has 10 heteroatoms. The summed E-state index contributed by atoms with van der Waals surface area (Å²) in [6, 6.07) is 12.0. The van der Waals surface area contributed by atoms with Crippen LogP contribution in [0.15, 0.2) is 63.8 Å². The third kappa shape index (κ3) is 6.82. The molecule has 4 rings (SSSR count). The number of aryl methyl sites for hydroxylation is 2. The highest BCUT2D eigenvalue weighted by molar-refractivity contribution is 5.92. The summed E-state index contributed by atoms with van der Waals surface area (Å²) < 4.78 is 73.1. The van der Waals surface area contributed by atoms with E-state index in [4.69, 9.17) is 13.9 Å². The maximum Gasteiger partial charge on any atom is 0.453 e. The van der Waals surface area contributed by atoms with Gasteiger partial charge in [0, 0.05) is 0 Å². The summed E-state index contributed by atoms with van der Waals surface area (Å²) >= 11 is 0. The van der Waals surface area contributed by atoms with Crippen molar-refractivity contribution in [1.82, 2.24) is 0 Å². The van der Waals surface area contributed by atoms with Crippen molar-refractivity contribution in [2.24, 2.45) is 0 Å². The molecule has 0 aliphatic rings. The zero-order valence-electron chi connectivity index (χ0n) is 23.8. The Kier molecular flexibility index (Phi) is 9.36. The standard InChI is InChI=1S/C32H31F4NO5/c1-5-15-37(16-6-2)18-25-26(41-31(39)21-8-10-22(33)11-9-21)14-13-24-27(38)29(30(32(34,35)36)42-28(24)25)40-23-12-7-19(3)20(4)17-23/h7-14,17H,5-6,15-16,18H2,1-4H3/p+1. The van der Waals surface area contributed by atoms with Gasteiger partial charge in [-0.05, 0) is 86.3 Å². The summed E-state index contributed by atoms with van der Waals surface area (Å²) in [6.07, 6.45) is -3.49. The number of benzene rings is 3. The molecule has 3 aromatic carbocycles. The molecule has 0 spiro atoms. The Morgan fingerprint density at radius 1 is 0.929 bits per heavy atom. The maximum atomic E-state index is 14.4. The van der Waals surface area contributed by atoms with Crippen molar-refractivity contribution < 1.29 is 41.1 Å². The highest BCUT2D eigenvalue weighted by atomic mass is 19.4. The predicted molar refractivity (Wildman–Crippen MR) is 150 cm³/mol. The third-order valence-electron chi connectivity index (χ3n) is 6.95. The van der Waals surface area contributed by atoms with Gasteiger partial charge in [-0.2, -0.15) is 13.2 Å². The van der Waals surface area contributed by atoms with Gasteiger partial charge in [0.1, 0.15) is 23.9 Å². The van der Waals surface area contributed by atoms with Crippen LogP contribution in [0.4, 0.5) is 17.6 Å². The lowest BCUT2D eigenvalue weighted by Gasteiger charge is -2.21.